The van der Waals surface area contributed by atoms with Crippen molar-refractivity contribution in [2.45, 2.75) is 62.6 Å². The number of anilines is 1. The number of alkyl halides is 3. The molecule has 0 aliphatic heterocycles. The van der Waals surface area contributed by atoms with Crippen molar-refractivity contribution in [1.82, 2.24) is 5.32 Å². The Bertz CT molecular complexity index is 973. The number of halogens is 3. The fourth-order valence-electron chi connectivity index (χ4n) is 3.68. The van der Waals surface area contributed by atoms with E-state index in [0.29, 0.717) is 11.7 Å². The van der Waals surface area contributed by atoms with Gasteiger partial charge in [-0.15, -0.1) is 0 Å². The molecule has 164 valence electrons. The summed E-state index contributed by atoms with van der Waals surface area (Å²) in [6.45, 7) is 4.17. The van der Waals surface area contributed by atoms with E-state index in [0.717, 1.165) is 44.7 Å². The lowest BCUT2D eigenvalue weighted by Gasteiger charge is -2.26. The Morgan fingerprint density at radius 1 is 1.10 bits per heavy atom. The van der Waals surface area contributed by atoms with E-state index < -0.39 is 22.1 Å². The zero-order valence-corrected chi connectivity index (χ0v) is 17.9. The van der Waals surface area contributed by atoms with E-state index in [2.05, 4.69) is 17.0 Å². The molecule has 30 heavy (non-hydrogen) atoms. The molecule has 0 spiro atoms. The minimum Gasteiger partial charge on any atom is -0.314 e. The largest absolute Gasteiger partial charge is 0.395 e. The van der Waals surface area contributed by atoms with Gasteiger partial charge in [0.05, 0.1) is 10.8 Å². The average Bonchev–Trinajstić information content (AvgIpc) is 2.70. The van der Waals surface area contributed by atoms with Crippen molar-refractivity contribution in [1.29, 1.82) is 0 Å². The van der Waals surface area contributed by atoms with E-state index in [-0.39, 0.29) is 10.5 Å². The molecule has 0 amide bonds. The molecule has 1 aliphatic carbocycles. The third kappa shape index (κ3) is 5.35. The minimum absolute atomic E-state index is 0.0291. The minimum atomic E-state index is -4.37. The van der Waals surface area contributed by atoms with E-state index in [1.807, 2.05) is 12.1 Å². The topological polar surface area (TPSA) is 58.2 Å². The molecule has 8 heteroatoms. The first-order chi connectivity index (χ1) is 14.1. The van der Waals surface area contributed by atoms with Crippen LogP contribution in [-0.4, -0.2) is 27.2 Å². The van der Waals surface area contributed by atoms with Crippen molar-refractivity contribution in [2.24, 2.45) is 0 Å². The SMILES string of the molecule is CCCNC1CCc2cc(NS(=O)(=O)c3ccc([C@H](C)C(F)(F)F)cc3)ccc2C1. The maximum Gasteiger partial charge on any atom is 0.395 e. The number of benzene rings is 2. The summed E-state index contributed by atoms with van der Waals surface area (Å²) in [5.74, 6) is -1.65. The second-order valence-corrected chi connectivity index (χ2v) is 9.50. The average molecular weight is 441 g/mol. The van der Waals surface area contributed by atoms with Gasteiger partial charge < -0.3 is 5.32 Å². The van der Waals surface area contributed by atoms with Gasteiger partial charge in [-0.05, 0) is 80.1 Å². The summed E-state index contributed by atoms with van der Waals surface area (Å²) in [7, 11) is -3.88. The predicted octanol–water partition coefficient (Wildman–Crippen LogP) is 5.01. The number of hydrogen-bond donors (Lipinski definition) is 2. The smallest absolute Gasteiger partial charge is 0.314 e. The van der Waals surface area contributed by atoms with E-state index in [1.165, 1.54) is 29.8 Å². The molecule has 0 radical (unpaired) electrons. The van der Waals surface area contributed by atoms with Crippen LogP contribution in [0.3, 0.4) is 0 Å². The van der Waals surface area contributed by atoms with Crippen LogP contribution in [0.2, 0.25) is 0 Å². The van der Waals surface area contributed by atoms with Crippen LogP contribution in [-0.2, 0) is 22.9 Å². The summed E-state index contributed by atoms with van der Waals surface area (Å²) < 4.78 is 66.4. The van der Waals surface area contributed by atoms with Gasteiger partial charge in [-0.3, -0.25) is 4.72 Å². The third-order valence-electron chi connectivity index (χ3n) is 5.55. The molecule has 0 bridgehead atoms. The monoisotopic (exact) mass is 440 g/mol. The Kier molecular flexibility index (Phi) is 6.77. The van der Waals surface area contributed by atoms with E-state index in [9.17, 15) is 21.6 Å². The van der Waals surface area contributed by atoms with Crippen molar-refractivity contribution in [2.75, 3.05) is 11.3 Å². The standard InChI is InChI=1S/C22H27F3N2O2S/c1-3-12-26-19-8-4-18-14-20(9-5-17(18)13-19)27-30(28,29)21-10-6-16(7-11-21)15(2)22(23,24)25/h5-7,9-11,14-15,19,26-27H,3-4,8,12-13H2,1-2H3/t15-,19?/m0/s1. The van der Waals surface area contributed by atoms with Gasteiger partial charge >= 0.3 is 6.18 Å². The molecule has 0 fully saturated rings. The summed E-state index contributed by atoms with van der Waals surface area (Å²) in [6.07, 6.45) is -0.493. The van der Waals surface area contributed by atoms with Crippen LogP contribution in [0.25, 0.3) is 0 Å². The molecule has 2 aromatic rings. The van der Waals surface area contributed by atoms with Gasteiger partial charge in [0.15, 0.2) is 0 Å². The highest BCUT2D eigenvalue weighted by Crippen LogP contribution is 2.34. The molecule has 0 heterocycles. The second-order valence-electron chi connectivity index (χ2n) is 7.82. The van der Waals surface area contributed by atoms with Crippen LogP contribution in [0.1, 0.15) is 49.3 Å². The van der Waals surface area contributed by atoms with Crippen molar-refractivity contribution in [3.8, 4) is 0 Å². The van der Waals surface area contributed by atoms with Crippen molar-refractivity contribution in [3.63, 3.8) is 0 Å². The molecule has 1 aliphatic rings. The summed E-state index contributed by atoms with van der Waals surface area (Å²) >= 11 is 0. The van der Waals surface area contributed by atoms with Gasteiger partial charge in [0.2, 0.25) is 0 Å². The number of sulfonamides is 1. The molecule has 0 aromatic heterocycles. The molecule has 3 rings (SSSR count). The lowest BCUT2D eigenvalue weighted by atomic mass is 9.88. The van der Waals surface area contributed by atoms with Gasteiger partial charge in [-0.2, -0.15) is 13.2 Å². The van der Waals surface area contributed by atoms with Crippen molar-refractivity contribution >= 4 is 15.7 Å². The molecule has 0 saturated carbocycles. The number of fused-ring (bicyclic) bond motifs is 1. The van der Waals surface area contributed by atoms with Gasteiger partial charge in [0.1, 0.15) is 0 Å². The molecular weight excluding hydrogens is 413 g/mol. The number of hydrogen-bond acceptors (Lipinski definition) is 3. The fourth-order valence-corrected chi connectivity index (χ4v) is 4.73. The lowest BCUT2D eigenvalue weighted by Crippen LogP contribution is -2.35. The Labute approximate surface area is 175 Å². The first kappa shape index (κ1) is 22.6. The van der Waals surface area contributed by atoms with Crippen LogP contribution in [0.4, 0.5) is 18.9 Å². The third-order valence-corrected chi connectivity index (χ3v) is 6.95. The number of rotatable bonds is 7. The van der Waals surface area contributed by atoms with Crippen LogP contribution in [0.15, 0.2) is 47.4 Å². The maximum absolute atomic E-state index is 12.8. The summed E-state index contributed by atoms with van der Waals surface area (Å²) in [6, 6.07) is 10.8. The van der Waals surface area contributed by atoms with Gasteiger partial charge in [-0.1, -0.05) is 25.1 Å². The van der Waals surface area contributed by atoms with Crippen LogP contribution in [0.5, 0.6) is 0 Å². The molecule has 1 unspecified atom stereocenters. The highest BCUT2D eigenvalue weighted by Gasteiger charge is 2.37. The molecule has 2 N–H and O–H groups in total. The first-order valence-electron chi connectivity index (χ1n) is 10.1. The van der Waals surface area contributed by atoms with Crippen LogP contribution in [0, 0.1) is 0 Å². The van der Waals surface area contributed by atoms with Gasteiger partial charge in [0, 0.05) is 11.7 Å². The van der Waals surface area contributed by atoms with E-state index in [4.69, 9.17) is 0 Å². The van der Waals surface area contributed by atoms with Gasteiger partial charge in [-0.25, -0.2) is 8.42 Å². The Morgan fingerprint density at radius 2 is 1.80 bits per heavy atom. The zero-order chi connectivity index (χ0) is 21.9. The molecule has 4 nitrogen and oxygen atoms in total. The molecular formula is C22H27F3N2O2S. The molecule has 0 saturated heterocycles. The normalized spacial score (nSPS) is 18.0. The first-order valence-corrected chi connectivity index (χ1v) is 11.6. The summed E-state index contributed by atoms with van der Waals surface area (Å²) in [4.78, 5) is -0.0674. The quantitative estimate of drug-likeness (QED) is 0.636. The van der Waals surface area contributed by atoms with E-state index in [1.54, 1.807) is 6.07 Å². The number of nitrogens with one attached hydrogen (secondary N) is 2. The Hall–Kier alpha value is -2.06. The summed E-state index contributed by atoms with van der Waals surface area (Å²) in [5.41, 5.74) is 2.82. The van der Waals surface area contributed by atoms with Crippen molar-refractivity contribution in [3.05, 3.63) is 59.2 Å². The molecule has 2 atom stereocenters. The lowest BCUT2D eigenvalue weighted by molar-refractivity contribution is -0.146. The Balaban J connectivity index is 1.72. The highest BCUT2D eigenvalue weighted by molar-refractivity contribution is 7.92. The maximum atomic E-state index is 12.8. The molecule has 2 aromatic carbocycles. The Morgan fingerprint density at radius 3 is 2.43 bits per heavy atom. The second kappa shape index (κ2) is 8.98. The zero-order valence-electron chi connectivity index (χ0n) is 17.1. The highest BCUT2D eigenvalue weighted by atomic mass is 32.2. The van der Waals surface area contributed by atoms with Crippen molar-refractivity contribution < 1.29 is 21.6 Å². The van der Waals surface area contributed by atoms with Gasteiger partial charge in [0.25, 0.3) is 10.0 Å². The van der Waals surface area contributed by atoms with Crippen LogP contribution >= 0.6 is 0 Å². The van der Waals surface area contributed by atoms with E-state index >= 15 is 0 Å². The summed E-state index contributed by atoms with van der Waals surface area (Å²) in [5, 5.41) is 3.53. The fraction of sp³-hybridized carbons (Fsp3) is 0.455. The van der Waals surface area contributed by atoms with Crippen LogP contribution < -0.4 is 10.0 Å². The predicted molar refractivity (Wildman–Crippen MR) is 112 cm³/mol. The number of aryl methyl sites for hydroxylation is 1.